The maximum Gasteiger partial charge on any atom is 0.335 e. The Hall–Kier alpha value is -4.59. The van der Waals surface area contributed by atoms with Gasteiger partial charge in [-0.2, -0.15) is 0 Å². The lowest BCUT2D eigenvalue weighted by Crippen LogP contribution is -2.29. The van der Waals surface area contributed by atoms with Gasteiger partial charge in [0.05, 0.1) is 27.9 Å². The second-order valence-corrected chi connectivity index (χ2v) is 6.77. The number of carbonyl (C=O) groups excluding carboxylic acids is 3. The minimum absolute atomic E-state index is 0.0159. The first-order chi connectivity index (χ1) is 14.8. The van der Waals surface area contributed by atoms with Gasteiger partial charge >= 0.3 is 11.9 Å². The van der Waals surface area contributed by atoms with Crippen LogP contribution < -0.4 is 4.90 Å². The Morgan fingerprint density at radius 3 is 1.58 bits per heavy atom. The number of aromatic carboxylic acids is 2. The molecule has 0 saturated carbocycles. The number of carboxylic acids is 2. The summed E-state index contributed by atoms with van der Waals surface area (Å²) in [5.74, 6) is -3.87. The van der Waals surface area contributed by atoms with Crippen LogP contribution in [0.3, 0.4) is 0 Å². The summed E-state index contributed by atoms with van der Waals surface area (Å²) in [4.78, 5) is 61.2. The number of hydrogen-bond donors (Lipinski definition) is 2. The van der Waals surface area contributed by atoms with Gasteiger partial charge < -0.3 is 10.2 Å². The standard InChI is InChI=1S/C23H13NO7/c25-19(12-1-3-13(4-2-12)22(28)29)15-7-10-17-18(11-15)21(27)24(20(17)26)16-8-5-14(6-9-16)23(30)31/h1-11H,(H,28,29)(H,30,31). The van der Waals surface area contributed by atoms with Crippen LogP contribution >= 0.6 is 0 Å². The number of benzene rings is 3. The Kier molecular flexibility index (Phi) is 4.67. The fourth-order valence-corrected chi connectivity index (χ4v) is 3.30. The molecule has 2 amide bonds. The third kappa shape index (κ3) is 3.36. The van der Waals surface area contributed by atoms with Gasteiger partial charge in [0.1, 0.15) is 0 Å². The van der Waals surface area contributed by atoms with Crippen molar-refractivity contribution in [2.75, 3.05) is 4.90 Å². The number of nitrogens with zero attached hydrogens (tertiary/aromatic N) is 1. The monoisotopic (exact) mass is 415 g/mol. The minimum Gasteiger partial charge on any atom is -0.478 e. The lowest BCUT2D eigenvalue weighted by Gasteiger charge is -2.13. The van der Waals surface area contributed by atoms with Crippen molar-refractivity contribution in [3.05, 3.63) is 100 Å². The zero-order valence-corrected chi connectivity index (χ0v) is 15.7. The Balaban J connectivity index is 1.65. The predicted molar refractivity (Wildman–Crippen MR) is 108 cm³/mol. The number of rotatable bonds is 5. The van der Waals surface area contributed by atoms with Crippen LogP contribution in [0.25, 0.3) is 0 Å². The number of anilines is 1. The zero-order chi connectivity index (χ0) is 22.3. The molecule has 0 atom stereocenters. The van der Waals surface area contributed by atoms with Crippen molar-refractivity contribution in [1.82, 2.24) is 0 Å². The number of carbonyl (C=O) groups is 5. The highest BCUT2D eigenvalue weighted by Crippen LogP contribution is 2.30. The molecule has 0 aliphatic carbocycles. The maximum atomic E-state index is 12.9. The average Bonchev–Trinajstić information content (AvgIpc) is 3.03. The first-order valence-electron chi connectivity index (χ1n) is 9.02. The van der Waals surface area contributed by atoms with Crippen LogP contribution in [0.5, 0.6) is 0 Å². The third-order valence-electron chi connectivity index (χ3n) is 4.92. The van der Waals surface area contributed by atoms with Crippen LogP contribution in [-0.4, -0.2) is 39.7 Å². The van der Waals surface area contributed by atoms with E-state index in [0.717, 1.165) is 4.90 Å². The summed E-state index contributed by atoms with van der Waals surface area (Å²) >= 11 is 0. The minimum atomic E-state index is -1.13. The van der Waals surface area contributed by atoms with Gasteiger partial charge in [0.25, 0.3) is 11.8 Å². The predicted octanol–water partition coefficient (Wildman–Crippen LogP) is 3.11. The summed E-state index contributed by atoms with van der Waals surface area (Å²) in [6.07, 6.45) is 0. The molecule has 4 rings (SSSR count). The Bertz CT molecular complexity index is 1270. The van der Waals surface area contributed by atoms with Crippen LogP contribution in [0.15, 0.2) is 66.7 Å². The van der Waals surface area contributed by atoms with E-state index in [9.17, 15) is 24.0 Å². The highest BCUT2D eigenvalue weighted by molar-refractivity contribution is 6.35. The Morgan fingerprint density at radius 1 is 0.581 bits per heavy atom. The van der Waals surface area contributed by atoms with Gasteiger partial charge in [-0.25, -0.2) is 14.5 Å². The second kappa shape index (κ2) is 7.34. The average molecular weight is 415 g/mol. The molecule has 2 N–H and O–H groups in total. The van der Waals surface area contributed by atoms with E-state index in [0.29, 0.717) is 0 Å². The van der Waals surface area contributed by atoms with Crippen LogP contribution in [0, 0.1) is 0 Å². The molecule has 8 heteroatoms. The summed E-state index contributed by atoms with van der Waals surface area (Å²) in [5.41, 5.74) is 0.866. The molecule has 3 aromatic rings. The lowest BCUT2D eigenvalue weighted by atomic mass is 9.98. The lowest BCUT2D eigenvalue weighted by molar-refractivity contribution is 0.0686. The van der Waals surface area contributed by atoms with E-state index in [-0.39, 0.29) is 39.1 Å². The zero-order valence-electron chi connectivity index (χ0n) is 15.7. The van der Waals surface area contributed by atoms with E-state index < -0.39 is 29.5 Å². The van der Waals surface area contributed by atoms with E-state index in [1.807, 2.05) is 0 Å². The fraction of sp³-hybridized carbons (Fsp3) is 0. The molecule has 152 valence electrons. The van der Waals surface area contributed by atoms with Crippen LogP contribution in [0.2, 0.25) is 0 Å². The summed E-state index contributed by atoms with van der Waals surface area (Å²) in [7, 11) is 0. The smallest absolute Gasteiger partial charge is 0.335 e. The summed E-state index contributed by atoms with van der Waals surface area (Å²) in [5, 5.41) is 18.0. The normalized spacial score (nSPS) is 12.6. The molecular weight excluding hydrogens is 402 g/mol. The topological polar surface area (TPSA) is 129 Å². The van der Waals surface area contributed by atoms with Gasteiger partial charge in [-0.1, -0.05) is 18.2 Å². The molecule has 0 bridgehead atoms. The van der Waals surface area contributed by atoms with Crippen molar-refractivity contribution in [3.63, 3.8) is 0 Å². The van der Waals surface area contributed by atoms with Gasteiger partial charge in [-0.05, 0) is 48.5 Å². The first kappa shape index (κ1) is 19.7. The molecular formula is C23H13NO7. The molecule has 0 unspecified atom stereocenters. The van der Waals surface area contributed by atoms with Crippen molar-refractivity contribution >= 4 is 35.2 Å². The maximum absolute atomic E-state index is 12.9. The second-order valence-electron chi connectivity index (χ2n) is 6.77. The highest BCUT2D eigenvalue weighted by atomic mass is 16.4. The largest absolute Gasteiger partial charge is 0.478 e. The molecule has 3 aromatic carbocycles. The van der Waals surface area contributed by atoms with Crippen molar-refractivity contribution < 1.29 is 34.2 Å². The molecule has 0 aromatic heterocycles. The number of imide groups is 1. The van der Waals surface area contributed by atoms with Gasteiger partial charge in [-0.3, -0.25) is 14.4 Å². The Morgan fingerprint density at radius 2 is 1.03 bits per heavy atom. The van der Waals surface area contributed by atoms with Crippen molar-refractivity contribution in [3.8, 4) is 0 Å². The molecule has 0 spiro atoms. The van der Waals surface area contributed by atoms with E-state index >= 15 is 0 Å². The highest BCUT2D eigenvalue weighted by Gasteiger charge is 2.37. The SMILES string of the molecule is O=C(O)c1ccc(C(=O)c2ccc3c(c2)C(=O)N(c2ccc(C(=O)O)cc2)C3=O)cc1. The van der Waals surface area contributed by atoms with Crippen LogP contribution in [0.1, 0.15) is 57.4 Å². The van der Waals surface area contributed by atoms with E-state index in [1.165, 1.54) is 66.7 Å². The molecule has 0 radical (unpaired) electrons. The number of fused-ring (bicyclic) bond motifs is 1. The van der Waals surface area contributed by atoms with Crippen molar-refractivity contribution in [2.45, 2.75) is 0 Å². The summed E-state index contributed by atoms with van der Waals surface area (Å²) < 4.78 is 0. The molecule has 1 heterocycles. The van der Waals surface area contributed by atoms with Crippen LogP contribution in [0.4, 0.5) is 5.69 Å². The van der Waals surface area contributed by atoms with E-state index in [4.69, 9.17) is 10.2 Å². The molecule has 1 aliphatic rings. The number of carboxylic acid groups (broad SMARTS) is 2. The van der Waals surface area contributed by atoms with Gasteiger partial charge in [-0.15, -0.1) is 0 Å². The van der Waals surface area contributed by atoms with E-state index in [2.05, 4.69) is 0 Å². The van der Waals surface area contributed by atoms with Crippen molar-refractivity contribution in [2.24, 2.45) is 0 Å². The summed E-state index contributed by atoms with van der Waals surface area (Å²) in [6.45, 7) is 0. The molecule has 0 fully saturated rings. The molecule has 1 aliphatic heterocycles. The van der Waals surface area contributed by atoms with Gasteiger partial charge in [0.2, 0.25) is 0 Å². The Labute approximate surface area is 175 Å². The molecule has 0 saturated heterocycles. The summed E-state index contributed by atoms with van der Waals surface area (Å²) in [6, 6.07) is 14.8. The van der Waals surface area contributed by atoms with Gasteiger partial charge in [0, 0.05) is 11.1 Å². The van der Waals surface area contributed by atoms with Crippen LogP contribution in [-0.2, 0) is 0 Å². The van der Waals surface area contributed by atoms with Gasteiger partial charge in [0.15, 0.2) is 5.78 Å². The fourth-order valence-electron chi connectivity index (χ4n) is 3.30. The molecule has 31 heavy (non-hydrogen) atoms. The molecule has 8 nitrogen and oxygen atoms in total. The number of ketones is 1. The third-order valence-corrected chi connectivity index (χ3v) is 4.92. The number of amides is 2. The quantitative estimate of drug-likeness (QED) is 0.484. The first-order valence-corrected chi connectivity index (χ1v) is 9.02. The van der Waals surface area contributed by atoms with Crippen molar-refractivity contribution in [1.29, 1.82) is 0 Å². The van der Waals surface area contributed by atoms with E-state index in [1.54, 1.807) is 0 Å². The number of hydrogen-bond acceptors (Lipinski definition) is 5.